The van der Waals surface area contributed by atoms with E-state index in [1.807, 2.05) is 25.1 Å². The topological polar surface area (TPSA) is 40.6 Å². The van der Waals surface area contributed by atoms with Crippen LogP contribution in [0, 0.1) is 6.92 Å². The van der Waals surface area contributed by atoms with Crippen LogP contribution in [0.15, 0.2) is 22.7 Å². The van der Waals surface area contributed by atoms with Gasteiger partial charge in [0, 0.05) is 30.2 Å². The van der Waals surface area contributed by atoms with E-state index in [4.69, 9.17) is 0 Å². The highest BCUT2D eigenvalue weighted by Gasteiger charge is 2.43. The fourth-order valence-electron chi connectivity index (χ4n) is 2.54. The van der Waals surface area contributed by atoms with Crippen LogP contribution in [0.1, 0.15) is 29.8 Å². The van der Waals surface area contributed by atoms with Crippen molar-refractivity contribution in [3.8, 4) is 0 Å². The molecule has 0 saturated carbocycles. The van der Waals surface area contributed by atoms with Crippen LogP contribution >= 0.6 is 15.9 Å². The number of hydrogen-bond donors (Lipinski definition) is 0. The smallest absolute Gasteiger partial charge is 0.255 e. The lowest BCUT2D eigenvalue weighted by Gasteiger charge is -2.44. The lowest BCUT2D eigenvalue weighted by Crippen LogP contribution is -2.63. The largest absolute Gasteiger partial charge is 0.342 e. The van der Waals surface area contributed by atoms with Crippen LogP contribution in [0.4, 0.5) is 0 Å². The minimum absolute atomic E-state index is 0.0234. The number of aryl methyl sites for hydroxylation is 1. The summed E-state index contributed by atoms with van der Waals surface area (Å²) in [7, 11) is 1.77. The Balaban J connectivity index is 2.38. The molecular formula is C15H19BrN2O2. The SMILES string of the molecule is Cc1ccc(Br)cc1C(=O)N1CCN(C)C(=O)C1(C)C. The lowest BCUT2D eigenvalue weighted by atomic mass is 9.95. The number of rotatable bonds is 1. The Morgan fingerprint density at radius 3 is 2.60 bits per heavy atom. The molecule has 0 radical (unpaired) electrons. The maximum Gasteiger partial charge on any atom is 0.255 e. The zero-order chi connectivity index (χ0) is 15.1. The van der Waals surface area contributed by atoms with Gasteiger partial charge in [-0.3, -0.25) is 9.59 Å². The van der Waals surface area contributed by atoms with Crippen LogP contribution in [-0.2, 0) is 4.79 Å². The number of benzene rings is 1. The summed E-state index contributed by atoms with van der Waals surface area (Å²) >= 11 is 3.39. The number of hydrogen-bond acceptors (Lipinski definition) is 2. The van der Waals surface area contributed by atoms with Crippen molar-refractivity contribution in [1.29, 1.82) is 0 Å². The van der Waals surface area contributed by atoms with Crippen LogP contribution < -0.4 is 0 Å². The zero-order valence-corrected chi connectivity index (χ0v) is 13.8. The highest BCUT2D eigenvalue weighted by Crippen LogP contribution is 2.26. The van der Waals surface area contributed by atoms with E-state index in [2.05, 4.69) is 15.9 Å². The summed E-state index contributed by atoms with van der Waals surface area (Å²) in [5, 5.41) is 0. The van der Waals surface area contributed by atoms with E-state index in [9.17, 15) is 9.59 Å². The fourth-order valence-corrected chi connectivity index (χ4v) is 2.90. The van der Waals surface area contributed by atoms with Crippen molar-refractivity contribution >= 4 is 27.7 Å². The molecule has 1 fully saturated rings. The quantitative estimate of drug-likeness (QED) is 0.789. The van der Waals surface area contributed by atoms with Gasteiger partial charge < -0.3 is 9.80 Å². The molecule has 0 aromatic heterocycles. The number of piperazine rings is 1. The number of carbonyl (C=O) groups excluding carboxylic acids is 2. The number of carbonyl (C=O) groups is 2. The van der Waals surface area contributed by atoms with Gasteiger partial charge in [0.15, 0.2) is 0 Å². The normalized spacial score (nSPS) is 18.4. The first-order chi connectivity index (χ1) is 9.25. The molecule has 1 saturated heterocycles. The number of nitrogens with zero attached hydrogens (tertiary/aromatic N) is 2. The fraction of sp³-hybridized carbons (Fsp3) is 0.467. The van der Waals surface area contributed by atoms with E-state index < -0.39 is 5.54 Å². The predicted molar refractivity (Wildman–Crippen MR) is 81.6 cm³/mol. The van der Waals surface area contributed by atoms with Crippen molar-refractivity contribution in [1.82, 2.24) is 9.80 Å². The van der Waals surface area contributed by atoms with Crippen LogP contribution in [0.5, 0.6) is 0 Å². The first kappa shape index (κ1) is 15.0. The van der Waals surface area contributed by atoms with Crippen molar-refractivity contribution in [2.75, 3.05) is 20.1 Å². The van der Waals surface area contributed by atoms with Gasteiger partial charge in [-0.05, 0) is 38.5 Å². The van der Waals surface area contributed by atoms with Gasteiger partial charge in [-0.25, -0.2) is 0 Å². The first-order valence-electron chi connectivity index (χ1n) is 6.59. The van der Waals surface area contributed by atoms with Crippen LogP contribution in [0.3, 0.4) is 0 Å². The summed E-state index contributed by atoms with van der Waals surface area (Å²) < 4.78 is 0.865. The van der Waals surface area contributed by atoms with Crippen molar-refractivity contribution in [2.45, 2.75) is 26.3 Å². The van der Waals surface area contributed by atoms with Gasteiger partial charge in [-0.1, -0.05) is 22.0 Å². The summed E-state index contributed by atoms with van der Waals surface area (Å²) in [4.78, 5) is 28.4. The van der Waals surface area contributed by atoms with Crippen LogP contribution in [0.25, 0.3) is 0 Å². The second-order valence-corrected chi connectivity index (χ2v) is 6.62. The molecule has 1 aliphatic rings. The minimum atomic E-state index is -0.807. The first-order valence-corrected chi connectivity index (χ1v) is 7.38. The molecule has 0 aliphatic carbocycles. The Morgan fingerprint density at radius 2 is 1.95 bits per heavy atom. The number of likely N-dealkylation sites (N-methyl/N-ethyl adjacent to an activating group) is 1. The molecule has 1 aliphatic heterocycles. The summed E-state index contributed by atoms with van der Waals surface area (Å²) in [5.41, 5.74) is 0.754. The van der Waals surface area contributed by atoms with E-state index in [0.717, 1.165) is 10.0 Å². The molecule has 0 unspecified atom stereocenters. The molecule has 5 heteroatoms. The van der Waals surface area contributed by atoms with Crippen molar-refractivity contribution in [2.24, 2.45) is 0 Å². The molecule has 1 heterocycles. The Morgan fingerprint density at radius 1 is 1.30 bits per heavy atom. The molecule has 108 valence electrons. The molecule has 0 atom stereocenters. The third-order valence-corrected chi connectivity index (χ3v) is 4.37. The molecule has 1 aromatic carbocycles. The highest BCUT2D eigenvalue weighted by atomic mass is 79.9. The molecule has 0 bridgehead atoms. The molecule has 2 amide bonds. The van der Waals surface area contributed by atoms with Gasteiger partial charge in [0.1, 0.15) is 5.54 Å². The highest BCUT2D eigenvalue weighted by molar-refractivity contribution is 9.10. The molecular weight excluding hydrogens is 320 g/mol. The van der Waals surface area contributed by atoms with Gasteiger partial charge in [-0.15, -0.1) is 0 Å². The maximum atomic E-state index is 12.8. The van der Waals surface area contributed by atoms with Crippen LogP contribution in [0.2, 0.25) is 0 Å². The van der Waals surface area contributed by atoms with Gasteiger partial charge in [0.25, 0.3) is 5.91 Å². The van der Waals surface area contributed by atoms with Crippen molar-refractivity contribution in [3.05, 3.63) is 33.8 Å². The molecule has 0 N–H and O–H groups in total. The molecule has 20 heavy (non-hydrogen) atoms. The Kier molecular flexibility index (Phi) is 3.91. The average Bonchev–Trinajstić information content (AvgIpc) is 2.38. The molecule has 0 spiro atoms. The molecule has 1 aromatic rings. The number of halogens is 1. The lowest BCUT2D eigenvalue weighted by molar-refractivity contribution is -0.144. The average molecular weight is 339 g/mol. The van der Waals surface area contributed by atoms with E-state index in [1.165, 1.54) is 0 Å². The summed E-state index contributed by atoms with van der Waals surface area (Å²) in [6.07, 6.45) is 0. The number of amides is 2. The third kappa shape index (κ3) is 2.46. The monoisotopic (exact) mass is 338 g/mol. The second kappa shape index (κ2) is 5.20. The second-order valence-electron chi connectivity index (χ2n) is 5.70. The van der Waals surface area contributed by atoms with Crippen molar-refractivity contribution < 1.29 is 9.59 Å². The summed E-state index contributed by atoms with van der Waals surface area (Å²) in [6.45, 7) is 6.64. The predicted octanol–water partition coefficient (Wildman–Crippen LogP) is 2.45. The molecule has 4 nitrogen and oxygen atoms in total. The molecule has 2 rings (SSSR count). The Labute approximate surface area is 127 Å². The Bertz CT molecular complexity index is 569. The Hall–Kier alpha value is -1.36. The van der Waals surface area contributed by atoms with E-state index in [1.54, 1.807) is 30.7 Å². The van der Waals surface area contributed by atoms with E-state index in [-0.39, 0.29) is 11.8 Å². The van der Waals surface area contributed by atoms with Crippen LogP contribution in [-0.4, -0.2) is 47.3 Å². The standard InChI is InChI=1S/C15H19BrN2O2/c1-10-5-6-11(16)9-12(10)13(19)18-8-7-17(4)14(20)15(18,2)3/h5-6,9H,7-8H2,1-4H3. The van der Waals surface area contributed by atoms with E-state index in [0.29, 0.717) is 18.7 Å². The zero-order valence-electron chi connectivity index (χ0n) is 12.2. The van der Waals surface area contributed by atoms with Crippen molar-refractivity contribution in [3.63, 3.8) is 0 Å². The van der Waals surface area contributed by atoms with Gasteiger partial charge in [0.2, 0.25) is 5.91 Å². The maximum absolute atomic E-state index is 12.8. The minimum Gasteiger partial charge on any atom is -0.342 e. The van der Waals surface area contributed by atoms with E-state index >= 15 is 0 Å². The van der Waals surface area contributed by atoms with Gasteiger partial charge >= 0.3 is 0 Å². The summed E-state index contributed by atoms with van der Waals surface area (Å²) in [5.74, 6) is -0.111. The van der Waals surface area contributed by atoms with Gasteiger partial charge in [0.05, 0.1) is 0 Å². The van der Waals surface area contributed by atoms with Gasteiger partial charge in [-0.2, -0.15) is 0 Å². The summed E-state index contributed by atoms with van der Waals surface area (Å²) in [6, 6.07) is 5.63. The third-order valence-electron chi connectivity index (χ3n) is 3.88.